The summed E-state index contributed by atoms with van der Waals surface area (Å²) in [6.45, 7) is 49.3. The van der Waals surface area contributed by atoms with E-state index in [2.05, 4.69) is 249 Å². The fourth-order valence-corrected chi connectivity index (χ4v) is 11.5. The second-order valence-electron chi connectivity index (χ2n) is 28.2. The van der Waals surface area contributed by atoms with E-state index in [4.69, 9.17) is 27.1 Å². The molecule has 0 aliphatic heterocycles. The predicted molar refractivity (Wildman–Crippen MR) is 328 cm³/mol. The first kappa shape index (κ1) is 61.2. The van der Waals surface area contributed by atoms with Crippen LogP contribution in [0.1, 0.15) is 208 Å². The molecular weight excluding hydrogens is 987 g/mol. The highest BCUT2D eigenvalue weighted by molar-refractivity contribution is 7.43. The lowest BCUT2D eigenvalue weighted by Crippen LogP contribution is -2.19. The quantitative estimate of drug-likeness (QED) is 0.0800. The van der Waals surface area contributed by atoms with Gasteiger partial charge in [-0.2, -0.15) is 0 Å². The molecule has 0 saturated carbocycles. The van der Waals surface area contributed by atoms with Crippen LogP contribution >= 0.6 is 17.2 Å². The van der Waals surface area contributed by atoms with Gasteiger partial charge in [0.15, 0.2) is 0 Å². The first-order chi connectivity index (χ1) is 35.6. The van der Waals surface area contributed by atoms with Crippen molar-refractivity contribution in [1.29, 1.82) is 0 Å². The highest BCUT2D eigenvalue weighted by atomic mass is 31.2. The van der Waals surface area contributed by atoms with E-state index < -0.39 is 17.2 Å². The molecule has 0 amide bonds. The summed E-state index contributed by atoms with van der Waals surface area (Å²) in [6, 6.07) is 42.6. The highest BCUT2D eigenvalue weighted by Crippen LogP contribution is 2.51. The van der Waals surface area contributed by atoms with Gasteiger partial charge in [-0.25, -0.2) is 0 Å². The summed E-state index contributed by atoms with van der Waals surface area (Å²) in [5.74, 6) is 5.32. The second kappa shape index (κ2) is 24.1. The minimum atomic E-state index is -2.07. The third kappa shape index (κ3) is 17.0. The molecule has 416 valence electrons. The monoisotopic (exact) mass is 1080 g/mol. The van der Waals surface area contributed by atoms with E-state index in [-0.39, 0.29) is 32.5 Å². The molecule has 0 aliphatic rings. The van der Waals surface area contributed by atoms with Gasteiger partial charge in [-0.3, -0.25) is 0 Å². The van der Waals surface area contributed by atoms with Crippen molar-refractivity contribution >= 4 is 17.2 Å². The molecule has 6 rings (SSSR count). The molecule has 6 nitrogen and oxygen atoms in total. The Morgan fingerprint density at radius 1 is 0.312 bits per heavy atom. The van der Waals surface area contributed by atoms with Gasteiger partial charge >= 0.3 is 17.2 Å². The average Bonchev–Trinajstić information content (AvgIpc) is 3.29. The van der Waals surface area contributed by atoms with Gasteiger partial charge in [0, 0.05) is 28.7 Å². The summed E-state index contributed by atoms with van der Waals surface area (Å²) >= 11 is 0. The molecule has 6 aromatic rings. The Bertz CT molecular complexity index is 2780. The summed E-state index contributed by atoms with van der Waals surface area (Å²) in [6.07, 6.45) is 2.44. The molecule has 0 fully saturated rings. The molecule has 77 heavy (non-hydrogen) atoms. The standard InChI is InChI=1S/C69H94O6P2/c1-46(2)39-48-31-35-60(54(41-48)66(11,12)13)72-76(73-61-36-32-49(40-47(3)4)42-55(61)67(14,15)16)70-58-29-25-23-27-50(58)43-51-28-24-26-30-59(51)71-77(74-62-37-33-52(64(5,6)7)44-56(62)68(17,18)19)75-63-38-34-53(65(8,9)10)45-57(63)69(20,21)22/h23-38,41-42,44-47H,39-40,43H2,1-22H3. The molecule has 0 radical (unpaired) electrons. The summed E-state index contributed by atoms with van der Waals surface area (Å²) in [7, 11) is -4.12. The van der Waals surface area contributed by atoms with Crippen molar-refractivity contribution in [2.24, 2.45) is 11.8 Å². The minimum Gasteiger partial charge on any atom is -0.408 e. The zero-order valence-electron chi connectivity index (χ0n) is 51.2. The van der Waals surface area contributed by atoms with Crippen LogP contribution in [0.4, 0.5) is 0 Å². The molecule has 6 aromatic carbocycles. The second-order valence-corrected chi connectivity index (χ2v) is 30.2. The normalized spacial score (nSPS) is 12.9. The van der Waals surface area contributed by atoms with Crippen LogP contribution in [-0.4, -0.2) is 0 Å². The Balaban J connectivity index is 1.43. The summed E-state index contributed by atoms with van der Waals surface area (Å²) in [5.41, 5.74) is 10.4. The van der Waals surface area contributed by atoms with E-state index >= 15 is 0 Å². The molecule has 0 spiro atoms. The maximum atomic E-state index is 7.13. The van der Waals surface area contributed by atoms with Crippen LogP contribution in [0.3, 0.4) is 0 Å². The molecule has 0 aromatic heterocycles. The third-order valence-corrected chi connectivity index (χ3v) is 15.7. The number of hydrogen-bond acceptors (Lipinski definition) is 6. The molecule has 0 unspecified atom stereocenters. The van der Waals surface area contributed by atoms with Crippen molar-refractivity contribution in [3.63, 3.8) is 0 Å². The Labute approximate surface area is 469 Å². The van der Waals surface area contributed by atoms with Gasteiger partial charge in [-0.1, -0.05) is 237 Å². The summed E-state index contributed by atoms with van der Waals surface area (Å²) in [5, 5.41) is 0. The van der Waals surface area contributed by atoms with Gasteiger partial charge in [-0.05, 0) is 127 Å². The van der Waals surface area contributed by atoms with Crippen LogP contribution in [0.5, 0.6) is 34.5 Å². The maximum Gasteiger partial charge on any atom is 0.530 e. The van der Waals surface area contributed by atoms with Crippen molar-refractivity contribution in [3.8, 4) is 34.5 Å². The molecule has 8 heteroatoms. The Morgan fingerprint density at radius 3 is 0.870 bits per heavy atom. The molecule has 0 bridgehead atoms. The lowest BCUT2D eigenvalue weighted by Gasteiger charge is -2.30. The van der Waals surface area contributed by atoms with Gasteiger partial charge in [-0.15, -0.1) is 0 Å². The Morgan fingerprint density at radius 2 is 0.584 bits per heavy atom. The van der Waals surface area contributed by atoms with Crippen LogP contribution in [0.25, 0.3) is 0 Å². The van der Waals surface area contributed by atoms with Crippen LogP contribution in [0.2, 0.25) is 0 Å². The lowest BCUT2D eigenvalue weighted by molar-refractivity contribution is 0.375. The largest absolute Gasteiger partial charge is 0.530 e. The molecule has 0 heterocycles. The van der Waals surface area contributed by atoms with Gasteiger partial charge in [0.1, 0.15) is 34.5 Å². The van der Waals surface area contributed by atoms with Crippen molar-refractivity contribution < 1.29 is 27.1 Å². The number of benzene rings is 6. The Hall–Kier alpha value is -5.02. The first-order valence-electron chi connectivity index (χ1n) is 28.0. The fourth-order valence-electron chi connectivity index (χ4n) is 9.28. The number of hydrogen-bond donors (Lipinski definition) is 0. The van der Waals surface area contributed by atoms with Crippen molar-refractivity contribution in [3.05, 3.63) is 177 Å². The van der Waals surface area contributed by atoms with Gasteiger partial charge in [0.05, 0.1) is 0 Å². The van der Waals surface area contributed by atoms with Crippen LogP contribution in [0.15, 0.2) is 121 Å². The zero-order valence-corrected chi connectivity index (χ0v) is 53.0. The third-order valence-electron chi connectivity index (χ3n) is 13.7. The van der Waals surface area contributed by atoms with Crippen molar-refractivity contribution in [1.82, 2.24) is 0 Å². The highest BCUT2D eigenvalue weighted by Gasteiger charge is 2.33. The van der Waals surface area contributed by atoms with E-state index in [1.54, 1.807) is 0 Å². The predicted octanol–water partition coefficient (Wildman–Crippen LogP) is 21.0. The molecule has 0 aliphatic carbocycles. The van der Waals surface area contributed by atoms with Gasteiger partial charge in [0.2, 0.25) is 0 Å². The van der Waals surface area contributed by atoms with Gasteiger partial charge < -0.3 is 27.1 Å². The average molecular weight is 1080 g/mol. The lowest BCUT2D eigenvalue weighted by atomic mass is 9.80. The minimum absolute atomic E-state index is 0.0483. The van der Waals surface area contributed by atoms with E-state index in [0.29, 0.717) is 29.8 Å². The fraction of sp³-hybridized carbons (Fsp3) is 0.478. The van der Waals surface area contributed by atoms with E-state index in [1.165, 1.54) is 22.3 Å². The smallest absolute Gasteiger partial charge is 0.408 e. The van der Waals surface area contributed by atoms with Crippen LogP contribution in [0, 0.1) is 11.8 Å². The number of rotatable bonds is 18. The van der Waals surface area contributed by atoms with E-state index in [0.717, 1.165) is 69.2 Å². The summed E-state index contributed by atoms with van der Waals surface area (Å²) < 4.78 is 42.6. The van der Waals surface area contributed by atoms with E-state index in [1.807, 2.05) is 24.3 Å². The molecule has 0 atom stereocenters. The summed E-state index contributed by atoms with van der Waals surface area (Å²) in [4.78, 5) is 0. The Kier molecular flexibility index (Phi) is 19.2. The maximum absolute atomic E-state index is 7.13. The van der Waals surface area contributed by atoms with Gasteiger partial charge in [0.25, 0.3) is 0 Å². The first-order valence-corrected chi connectivity index (χ1v) is 30.2. The van der Waals surface area contributed by atoms with E-state index in [9.17, 15) is 0 Å². The van der Waals surface area contributed by atoms with Crippen LogP contribution < -0.4 is 27.1 Å². The number of para-hydroxylation sites is 2. The molecule has 0 saturated heterocycles. The SMILES string of the molecule is CC(C)Cc1ccc(OP(Oc2ccccc2Cc2ccccc2OP(Oc2ccc(C(C)(C)C)cc2C(C)(C)C)Oc2ccc(C(C)(C)C)cc2C(C)(C)C)Oc2ccc(CC(C)C)cc2C(C)(C)C)c(C(C)(C)C)c1. The van der Waals surface area contributed by atoms with Crippen molar-refractivity contribution in [2.75, 3.05) is 0 Å². The topological polar surface area (TPSA) is 55.4 Å². The van der Waals surface area contributed by atoms with Crippen LogP contribution in [-0.2, 0) is 51.8 Å². The molecular formula is C69H94O6P2. The zero-order chi connectivity index (χ0) is 57.1. The molecule has 0 N–H and O–H groups in total. The van der Waals surface area contributed by atoms with Crippen molar-refractivity contribution in [2.45, 2.75) is 204 Å².